The third-order valence-corrected chi connectivity index (χ3v) is 4.19. The Morgan fingerprint density at radius 3 is 2.50 bits per heavy atom. The summed E-state index contributed by atoms with van der Waals surface area (Å²) in [5.41, 5.74) is 1.14. The van der Waals surface area contributed by atoms with Crippen molar-refractivity contribution in [2.45, 2.75) is 32.1 Å². The number of benzene rings is 1. The maximum Gasteiger partial charge on any atom is 0.222 e. The third kappa shape index (κ3) is 6.26. The summed E-state index contributed by atoms with van der Waals surface area (Å²) in [5.74, 6) is 1.67. The minimum absolute atomic E-state index is 0.218. The maximum atomic E-state index is 12.0. The summed E-state index contributed by atoms with van der Waals surface area (Å²) in [6, 6.07) is 5.87. The Balaban J connectivity index is 2.43. The first-order chi connectivity index (χ1) is 10.6. The Morgan fingerprint density at radius 1 is 1.14 bits per heavy atom. The number of carbonyl (C=O) groups is 1. The molecule has 0 aliphatic rings. The van der Waals surface area contributed by atoms with Crippen molar-refractivity contribution in [3.8, 4) is 11.5 Å². The zero-order chi connectivity index (χ0) is 16.4. The zero-order valence-electron chi connectivity index (χ0n) is 13.7. The largest absolute Gasteiger partial charge is 0.493 e. The topological polar surface area (TPSA) is 38.8 Å². The van der Waals surface area contributed by atoms with Gasteiger partial charge in [0, 0.05) is 25.3 Å². The fraction of sp³-hybridized carbons (Fsp3) is 0.588. The molecule has 0 aromatic heterocycles. The smallest absolute Gasteiger partial charge is 0.222 e. The summed E-state index contributed by atoms with van der Waals surface area (Å²) < 4.78 is 10.5. The van der Waals surface area contributed by atoms with Gasteiger partial charge in [-0.3, -0.25) is 4.79 Å². The molecule has 1 aromatic carbocycles. The molecule has 124 valence electrons. The van der Waals surface area contributed by atoms with E-state index in [0.29, 0.717) is 13.0 Å². The number of amides is 1. The van der Waals surface area contributed by atoms with Crippen molar-refractivity contribution in [2.75, 3.05) is 33.1 Å². The lowest BCUT2D eigenvalue weighted by molar-refractivity contribution is -0.130. The number of hydrogen-bond donors (Lipinski definition) is 0. The average molecular weight is 372 g/mol. The van der Waals surface area contributed by atoms with Crippen LogP contribution >= 0.6 is 15.9 Å². The van der Waals surface area contributed by atoms with E-state index in [1.165, 1.54) is 0 Å². The van der Waals surface area contributed by atoms with Crippen molar-refractivity contribution in [1.82, 2.24) is 4.90 Å². The third-order valence-electron chi connectivity index (χ3n) is 3.63. The van der Waals surface area contributed by atoms with Gasteiger partial charge < -0.3 is 14.4 Å². The summed E-state index contributed by atoms with van der Waals surface area (Å²) in [7, 11) is 5.12. The van der Waals surface area contributed by atoms with Crippen molar-refractivity contribution in [2.24, 2.45) is 0 Å². The minimum Gasteiger partial charge on any atom is -0.493 e. The molecule has 1 aromatic rings. The highest BCUT2D eigenvalue weighted by molar-refractivity contribution is 9.09. The molecule has 0 saturated carbocycles. The summed E-state index contributed by atoms with van der Waals surface area (Å²) in [5, 5.41) is 1.01. The fourth-order valence-electron chi connectivity index (χ4n) is 2.20. The van der Waals surface area contributed by atoms with Gasteiger partial charge in [-0.1, -0.05) is 28.4 Å². The van der Waals surface area contributed by atoms with E-state index in [-0.39, 0.29) is 5.91 Å². The SMILES string of the molecule is COc1ccc(CCN(C)C(=O)CCCCCBr)cc1OC. The molecule has 5 heteroatoms. The molecule has 0 aliphatic heterocycles. The molecule has 0 spiro atoms. The second-order valence-electron chi connectivity index (χ2n) is 5.25. The molecule has 0 saturated heterocycles. The lowest BCUT2D eigenvalue weighted by Gasteiger charge is -2.17. The summed E-state index contributed by atoms with van der Waals surface area (Å²) in [6.07, 6.45) is 4.63. The van der Waals surface area contributed by atoms with Gasteiger partial charge in [-0.15, -0.1) is 0 Å². The van der Waals surface area contributed by atoms with Crippen LogP contribution in [0.5, 0.6) is 11.5 Å². The van der Waals surface area contributed by atoms with Crippen LogP contribution in [0.25, 0.3) is 0 Å². The fourth-order valence-corrected chi connectivity index (χ4v) is 2.59. The first-order valence-corrected chi connectivity index (χ1v) is 8.75. The molecule has 0 radical (unpaired) electrons. The first kappa shape index (κ1) is 18.8. The molecular weight excluding hydrogens is 346 g/mol. The van der Waals surface area contributed by atoms with E-state index in [0.717, 1.165) is 48.1 Å². The van der Waals surface area contributed by atoms with Gasteiger partial charge in [0.25, 0.3) is 0 Å². The monoisotopic (exact) mass is 371 g/mol. The van der Waals surface area contributed by atoms with Crippen LogP contribution in [-0.4, -0.2) is 43.9 Å². The van der Waals surface area contributed by atoms with Crippen LogP contribution in [0.3, 0.4) is 0 Å². The zero-order valence-corrected chi connectivity index (χ0v) is 15.3. The quantitative estimate of drug-likeness (QED) is 0.465. The number of rotatable bonds is 10. The minimum atomic E-state index is 0.218. The molecule has 4 nitrogen and oxygen atoms in total. The molecule has 0 N–H and O–H groups in total. The average Bonchev–Trinajstić information content (AvgIpc) is 2.55. The predicted molar refractivity (Wildman–Crippen MR) is 93.1 cm³/mol. The Kier molecular flexibility index (Phi) is 8.97. The Morgan fingerprint density at radius 2 is 1.86 bits per heavy atom. The highest BCUT2D eigenvalue weighted by Crippen LogP contribution is 2.27. The van der Waals surface area contributed by atoms with Gasteiger partial charge >= 0.3 is 0 Å². The molecule has 0 heterocycles. The lowest BCUT2D eigenvalue weighted by Crippen LogP contribution is -2.28. The number of nitrogens with zero attached hydrogens (tertiary/aromatic N) is 1. The van der Waals surface area contributed by atoms with Gasteiger partial charge in [-0.2, -0.15) is 0 Å². The summed E-state index contributed by atoms with van der Waals surface area (Å²) >= 11 is 3.40. The van der Waals surface area contributed by atoms with Crippen LogP contribution < -0.4 is 9.47 Å². The van der Waals surface area contributed by atoms with Gasteiger partial charge in [-0.05, 0) is 37.0 Å². The molecule has 0 fully saturated rings. The van der Waals surface area contributed by atoms with Gasteiger partial charge in [0.1, 0.15) is 0 Å². The van der Waals surface area contributed by atoms with Crippen LogP contribution in [0.4, 0.5) is 0 Å². The van der Waals surface area contributed by atoms with E-state index in [9.17, 15) is 4.79 Å². The van der Waals surface area contributed by atoms with Crippen LogP contribution in [-0.2, 0) is 11.2 Å². The van der Waals surface area contributed by atoms with Crippen molar-refractivity contribution in [3.63, 3.8) is 0 Å². The van der Waals surface area contributed by atoms with Crippen molar-refractivity contribution < 1.29 is 14.3 Å². The molecule has 0 atom stereocenters. The molecule has 22 heavy (non-hydrogen) atoms. The predicted octanol–water partition coefficient (Wildman–Crippen LogP) is 3.66. The van der Waals surface area contributed by atoms with E-state index in [1.54, 1.807) is 14.2 Å². The van der Waals surface area contributed by atoms with Gasteiger partial charge in [-0.25, -0.2) is 0 Å². The first-order valence-electron chi connectivity index (χ1n) is 7.63. The number of unbranched alkanes of at least 4 members (excludes halogenated alkanes) is 2. The van der Waals surface area contributed by atoms with Gasteiger partial charge in [0.15, 0.2) is 11.5 Å². The van der Waals surface area contributed by atoms with E-state index in [1.807, 2.05) is 30.1 Å². The van der Waals surface area contributed by atoms with Crippen molar-refractivity contribution in [1.29, 1.82) is 0 Å². The highest BCUT2D eigenvalue weighted by atomic mass is 79.9. The second kappa shape index (κ2) is 10.5. The van der Waals surface area contributed by atoms with Crippen LogP contribution in [0, 0.1) is 0 Å². The van der Waals surface area contributed by atoms with Gasteiger partial charge in [0.05, 0.1) is 14.2 Å². The highest BCUT2D eigenvalue weighted by Gasteiger charge is 2.09. The molecular formula is C17H26BrNO3. The Bertz CT molecular complexity index is 465. The van der Waals surface area contributed by atoms with E-state index >= 15 is 0 Å². The maximum absolute atomic E-state index is 12.0. The molecule has 1 rings (SSSR count). The Hall–Kier alpha value is -1.23. The van der Waals surface area contributed by atoms with E-state index in [4.69, 9.17) is 9.47 Å². The van der Waals surface area contributed by atoms with E-state index < -0.39 is 0 Å². The number of hydrogen-bond acceptors (Lipinski definition) is 3. The van der Waals surface area contributed by atoms with Crippen LogP contribution in [0.2, 0.25) is 0 Å². The van der Waals surface area contributed by atoms with Crippen molar-refractivity contribution in [3.05, 3.63) is 23.8 Å². The Labute approximate surface area is 141 Å². The number of likely N-dealkylation sites (N-methyl/N-ethyl adjacent to an activating group) is 1. The number of methoxy groups -OCH3 is 2. The number of carbonyl (C=O) groups excluding carboxylic acids is 1. The molecule has 0 aliphatic carbocycles. The van der Waals surface area contributed by atoms with Crippen molar-refractivity contribution >= 4 is 21.8 Å². The normalized spacial score (nSPS) is 10.4. The lowest BCUT2D eigenvalue weighted by atomic mass is 10.1. The van der Waals surface area contributed by atoms with E-state index in [2.05, 4.69) is 15.9 Å². The number of ether oxygens (including phenoxy) is 2. The summed E-state index contributed by atoms with van der Waals surface area (Å²) in [4.78, 5) is 13.8. The molecule has 1 amide bonds. The number of alkyl halides is 1. The van der Waals surface area contributed by atoms with Crippen LogP contribution in [0.15, 0.2) is 18.2 Å². The number of halogens is 1. The molecule has 0 unspecified atom stereocenters. The summed E-state index contributed by atoms with van der Waals surface area (Å²) in [6.45, 7) is 0.715. The van der Waals surface area contributed by atoms with Crippen LogP contribution in [0.1, 0.15) is 31.2 Å². The molecule has 0 bridgehead atoms. The second-order valence-corrected chi connectivity index (χ2v) is 6.05. The standard InChI is InChI=1S/C17H26BrNO3/c1-19(17(20)7-5-4-6-11-18)12-10-14-8-9-15(21-2)16(13-14)22-3/h8-9,13H,4-7,10-12H2,1-3H3. The van der Waals surface area contributed by atoms with Gasteiger partial charge in [0.2, 0.25) is 5.91 Å².